The first-order valence-corrected chi connectivity index (χ1v) is 9.35. The number of hydrogen-bond donors (Lipinski definition) is 3. The van der Waals surface area contributed by atoms with Gasteiger partial charge >= 0.3 is 0 Å². The van der Waals surface area contributed by atoms with Crippen molar-refractivity contribution in [3.63, 3.8) is 0 Å². The molecule has 0 aliphatic rings. The van der Waals surface area contributed by atoms with Crippen LogP contribution in [0.15, 0.2) is 60.8 Å². The third-order valence-electron chi connectivity index (χ3n) is 4.40. The van der Waals surface area contributed by atoms with Gasteiger partial charge in [-0.2, -0.15) is 15.1 Å². The number of aliphatic hydroxyl groups excluding tert-OH is 1. The van der Waals surface area contributed by atoms with Crippen LogP contribution in [0.4, 0.5) is 17.5 Å². The van der Waals surface area contributed by atoms with Crippen LogP contribution in [0, 0.1) is 0 Å². The lowest BCUT2D eigenvalue weighted by atomic mass is 10.3. The highest BCUT2D eigenvalue weighted by Crippen LogP contribution is 2.27. The Morgan fingerprint density at radius 3 is 2.55 bits per heavy atom. The Morgan fingerprint density at radius 1 is 1.03 bits per heavy atom. The first kappa shape index (κ1) is 18.7. The molecule has 0 saturated carbocycles. The van der Waals surface area contributed by atoms with Crippen LogP contribution >= 0.6 is 0 Å². The zero-order chi connectivity index (χ0) is 20.1. The van der Waals surface area contributed by atoms with Crippen LogP contribution in [0.5, 0.6) is 5.75 Å². The average Bonchev–Trinajstić information content (AvgIpc) is 3.19. The maximum absolute atomic E-state index is 9.05. The lowest BCUT2D eigenvalue weighted by Crippen LogP contribution is -2.09. The molecule has 0 aliphatic heterocycles. The van der Waals surface area contributed by atoms with Gasteiger partial charge in [-0.3, -0.25) is 0 Å². The molecule has 0 unspecified atom stereocenters. The summed E-state index contributed by atoms with van der Waals surface area (Å²) in [5, 5.41) is 20.9. The van der Waals surface area contributed by atoms with Crippen molar-refractivity contribution in [2.24, 2.45) is 0 Å². The molecule has 0 bridgehead atoms. The van der Waals surface area contributed by atoms with Gasteiger partial charge in [-0.1, -0.05) is 18.2 Å². The highest BCUT2D eigenvalue weighted by Gasteiger charge is 2.14. The standard InChI is InChI=1S/C21H22N6O2/c1-29-17-10-8-15(9-11-17)24-19-18-14-23-27(16-6-3-2-4-7-16)20(18)26-21(25-19)22-12-5-13-28/h2-4,6-11,14,28H,5,12-13H2,1H3,(H2,22,24,25,26). The monoisotopic (exact) mass is 390 g/mol. The second-order valence-corrected chi connectivity index (χ2v) is 6.38. The summed E-state index contributed by atoms with van der Waals surface area (Å²) < 4.78 is 7.00. The minimum atomic E-state index is 0.105. The van der Waals surface area contributed by atoms with E-state index in [9.17, 15) is 0 Å². The molecular formula is C21H22N6O2. The van der Waals surface area contributed by atoms with Gasteiger partial charge in [0.05, 0.1) is 24.4 Å². The molecule has 3 N–H and O–H groups in total. The van der Waals surface area contributed by atoms with Gasteiger partial charge < -0.3 is 20.5 Å². The summed E-state index contributed by atoms with van der Waals surface area (Å²) >= 11 is 0. The number of para-hydroxylation sites is 1. The van der Waals surface area contributed by atoms with Crippen LogP contribution in [0.3, 0.4) is 0 Å². The predicted octanol–water partition coefficient (Wildman–Crippen LogP) is 3.36. The van der Waals surface area contributed by atoms with E-state index in [-0.39, 0.29) is 6.61 Å². The van der Waals surface area contributed by atoms with Crippen LogP contribution in [0.25, 0.3) is 16.7 Å². The number of ether oxygens (including phenoxy) is 1. The number of methoxy groups -OCH3 is 1. The molecule has 0 fully saturated rings. The zero-order valence-corrected chi connectivity index (χ0v) is 16.0. The Morgan fingerprint density at radius 2 is 1.83 bits per heavy atom. The topological polar surface area (TPSA) is 97.1 Å². The van der Waals surface area contributed by atoms with Gasteiger partial charge in [-0.25, -0.2) is 4.68 Å². The van der Waals surface area contributed by atoms with E-state index in [4.69, 9.17) is 9.84 Å². The van der Waals surface area contributed by atoms with Crippen LogP contribution in [0.2, 0.25) is 0 Å². The Kier molecular flexibility index (Phi) is 5.53. The summed E-state index contributed by atoms with van der Waals surface area (Å²) in [4.78, 5) is 9.27. The summed E-state index contributed by atoms with van der Waals surface area (Å²) in [6, 6.07) is 17.4. The third kappa shape index (κ3) is 4.12. The number of aromatic nitrogens is 4. The Hall–Kier alpha value is -3.65. The van der Waals surface area contributed by atoms with Crippen molar-refractivity contribution >= 4 is 28.5 Å². The average molecular weight is 390 g/mol. The second-order valence-electron chi connectivity index (χ2n) is 6.38. The van der Waals surface area contributed by atoms with Crippen molar-refractivity contribution < 1.29 is 9.84 Å². The summed E-state index contributed by atoms with van der Waals surface area (Å²) in [6.07, 6.45) is 2.37. The van der Waals surface area contributed by atoms with Crippen LogP contribution in [-0.4, -0.2) is 45.1 Å². The van der Waals surface area contributed by atoms with Crippen molar-refractivity contribution in [1.82, 2.24) is 19.7 Å². The molecule has 0 atom stereocenters. The van der Waals surface area contributed by atoms with E-state index in [1.165, 1.54) is 0 Å². The Bertz CT molecular complexity index is 1080. The molecule has 148 valence electrons. The molecule has 2 aromatic heterocycles. The van der Waals surface area contributed by atoms with Crippen molar-refractivity contribution in [1.29, 1.82) is 0 Å². The Balaban J connectivity index is 1.75. The molecular weight excluding hydrogens is 368 g/mol. The van der Waals surface area contributed by atoms with E-state index in [0.29, 0.717) is 30.4 Å². The third-order valence-corrected chi connectivity index (χ3v) is 4.40. The lowest BCUT2D eigenvalue weighted by molar-refractivity contribution is 0.292. The molecule has 0 spiro atoms. The fourth-order valence-electron chi connectivity index (χ4n) is 2.93. The van der Waals surface area contributed by atoms with Crippen molar-refractivity contribution in [2.75, 3.05) is 30.9 Å². The van der Waals surface area contributed by atoms with Crippen LogP contribution < -0.4 is 15.4 Å². The first-order valence-electron chi connectivity index (χ1n) is 9.35. The van der Waals surface area contributed by atoms with Gasteiger partial charge in [0.2, 0.25) is 5.95 Å². The first-order chi connectivity index (χ1) is 14.3. The zero-order valence-electron chi connectivity index (χ0n) is 16.0. The summed E-state index contributed by atoms with van der Waals surface area (Å²) in [6.45, 7) is 0.678. The molecule has 0 radical (unpaired) electrons. The lowest BCUT2D eigenvalue weighted by Gasteiger charge is -2.11. The molecule has 8 nitrogen and oxygen atoms in total. The molecule has 4 rings (SSSR count). The number of fused-ring (bicyclic) bond motifs is 1. The van der Waals surface area contributed by atoms with E-state index < -0.39 is 0 Å². The maximum Gasteiger partial charge on any atom is 0.226 e. The number of aliphatic hydroxyl groups is 1. The molecule has 0 amide bonds. The fraction of sp³-hybridized carbons (Fsp3) is 0.190. The number of anilines is 3. The minimum absolute atomic E-state index is 0.105. The van der Waals surface area contributed by atoms with E-state index in [1.807, 2.05) is 54.6 Å². The molecule has 0 saturated heterocycles. The molecule has 8 heteroatoms. The summed E-state index contributed by atoms with van der Waals surface area (Å²) in [5.41, 5.74) is 2.48. The SMILES string of the molecule is COc1ccc(Nc2nc(NCCCO)nc3c2cnn3-c2ccccc2)cc1. The van der Waals surface area contributed by atoms with Gasteiger partial charge in [0.1, 0.15) is 11.6 Å². The van der Waals surface area contributed by atoms with Gasteiger partial charge in [-0.15, -0.1) is 0 Å². The smallest absolute Gasteiger partial charge is 0.226 e. The van der Waals surface area contributed by atoms with E-state index in [0.717, 1.165) is 22.5 Å². The fourth-order valence-corrected chi connectivity index (χ4v) is 2.93. The minimum Gasteiger partial charge on any atom is -0.497 e. The summed E-state index contributed by atoms with van der Waals surface area (Å²) in [5.74, 6) is 1.90. The van der Waals surface area contributed by atoms with E-state index in [1.54, 1.807) is 18.0 Å². The van der Waals surface area contributed by atoms with Crippen LogP contribution in [0.1, 0.15) is 6.42 Å². The number of nitrogens with zero attached hydrogens (tertiary/aromatic N) is 4. The molecule has 2 heterocycles. The number of rotatable bonds is 8. The molecule has 4 aromatic rings. The number of nitrogens with one attached hydrogen (secondary N) is 2. The highest BCUT2D eigenvalue weighted by atomic mass is 16.5. The Labute approximate surface area is 168 Å². The van der Waals surface area contributed by atoms with Crippen molar-refractivity contribution in [3.05, 3.63) is 60.8 Å². The van der Waals surface area contributed by atoms with E-state index >= 15 is 0 Å². The second kappa shape index (κ2) is 8.57. The number of benzene rings is 2. The predicted molar refractivity (Wildman–Crippen MR) is 113 cm³/mol. The number of hydrogen-bond acceptors (Lipinski definition) is 7. The maximum atomic E-state index is 9.05. The van der Waals surface area contributed by atoms with Gasteiger partial charge in [0.25, 0.3) is 0 Å². The molecule has 2 aromatic carbocycles. The van der Waals surface area contributed by atoms with Gasteiger partial charge in [0.15, 0.2) is 5.65 Å². The van der Waals surface area contributed by atoms with Crippen molar-refractivity contribution in [3.8, 4) is 11.4 Å². The quantitative estimate of drug-likeness (QED) is 0.397. The van der Waals surface area contributed by atoms with Crippen molar-refractivity contribution in [2.45, 2.75) is 6.42 Å². The van der Waals surface area contributed by atoms with Gasteiger partial charge in [0, 0.05) is 18.8 Å². The largest absolute Gasteiger partial charge is 0.497 e. The normalized spacial score (nSPS) is 10.8. The highest BCUT2D eigenvalue weighted by molar-refractivity contribution is 5.90. The molecule has 0 aliphatic carbocycles. The molecule has 29 heavy (non-hydrogen) atoms. The van der Waals surface area contributed by atoms with Gasteiger partial charge in [-0.05, 0) is 42.8 Å². The summed E-state index contributed by atoms with van der Waals surface area (Å²) in [7, 11) is 1.64. The van der Waals surface area contributed by atoms with E-state index in [2.05, 4.69) is 25.7 Å². The van der Waals surface area contributed by atoms with Crippen LogP contribution in [-0.2, 0) is 0 Å².